The highest BCUT2D eigenvalue weighted by Gasteiger charge is 2.16. The summed E-state index contributed by atoms with van der Waals surface area (Å²) in [4.78, 5) is 0. The number of rotatable bonds is 4. The molecule has 1 unspecified atom stereocenters. The zero-order valence-corrected chi connectivity index (χ0v) is 7.57. The van der Waals surface area contributed by atoms with Crippen LogP contribution in [0.5, 0.6) is 0 Å². The highest BCUT2D eigenvalue weighted by atomic mass is 35.7. The van der Waals surface area contributed by atoms with Crippen LogP contribution in [0.15, 0.2) is 0 Å². The average molecular weight is 187 g/mol. The summed E-state index contributed by atoms with van der Waals surface area (Å²) >= 11 is 0. The predicted octanol–water partition coefficient (Wildman–Crippen LogP) is 0.980. The lowest BCUT2D eigenvalue weighted by Gasteiger charge is -2.04. The molecule has 5 heteroatoms. The Balaban J connectivity index is 3.75. The molecule has 3 nitrogen and oxygen atoms in total. The molecule has 0 aliphatic carbocycles. The molecule has 0 aliphatic rings. The van der Waals surface area contributed by atoms with Crippen molar-refractivity contribution in [2.75, 3.05) is 13.7 Å². The molecule has 0 N–H and O–H groups in total. The summed E-state index contributed by atoms with van der Waals surface area (Å²) in [5.41, 5.74) is 0. The van der Waals surface area contributed by atoms with Gasteiger partial charge in [0.15, 0.2) is 0 Å². The van der Waals surface area contributed by atoms with Gasteiger partial charge in [0.05, 0.1) is 5.25 Å². The second-order valence-electron chi connectivity index (χ2n) is 2.07. The van der Waals surface area contributed by atoms with Crippen molar-refractivity contribution >= 4 is 19.7 Å². The van der Waals surface area contributed by atoms with Gasteiger partial charge in [-0.1, -0.05) is 0 Å². The van der Waals surface area contributed by atoms with Crippen LogP contribution in [0, 0.1) is 0 Å². The Morgan fingerprint density at radius 3 is 2.40 bits per heavy atom. The Morgan fingerprint density at radius 1 is 1.60 bits per heavy atom. The van der Waals surface area contributed by atoms with E-state index in [1.165, 1.54) is 7.11 Å². The molecular weight excluding hydrogens is 176 g/mol. The first-order chi connectivity index (χ1) is 4.48. The topological polar surface area (TPSA) is 43.4 Å². The Morgan fingerprint density at radius 2 is 2.10 bits per heavy atom. The second-order valence-corrected chi connectivity index (χ2v) is 5.11. The van der Waals surface area contributed by atoms with E-state index in [4.69, 9.17) is 10.7 Å². The number of hydrogen-bond acceptors (Lipinski definition) is 3. The molecule has 0 bridgehead atoms. The molecule has 0 aromatic rings. The molecule has 10 heavy (non-hydrogen) atoms. The molecule has 62 valence electrons. The molecule has 0 heterocycles. The molecule has 0 amide bonds. The fourth-order valence-electron chi connectivity index (χ4n) is 0.425. The monoisotopic (exact) mass is 186 g/mol. The van der Waals surface area contributed by atoms with Gasteiger partial charge in [0, 0.05) is 24.4 Å². The van der Waals surface area contributed by atoms with Gasteiger partial charge in [0.2, 0.25) is 9.05 Å². The quantitative estimate of drug-likeness (QED) is 0.615. The van der Waals surface area contributed by atoms with Crippen LogP contribution in [0.2, 0.25) is 0 Å². The van der Waals surface area contributed by atoms with Crippen LogP contribution in [-0.4, -0.2) is 27.4 Å². The van der Waals surface area contributed by atoms with E-state index >= 15 is 0 Å². The minimum absolute atomic E-state index is 0.424. The SMILES string of the molecule is COCCC(C)S(=O)(=O)Cl. The maximum absolute atomic E-state index is 10.5. The smallest absolute Gasteiger partial charge is 0.235 e. The summed E-state index contributed by atoms with van der Waals surface area (Å²) in [5, 5.41) is -0.519. The molecule has 0 fully saturated rings. The molecule has 0 aromatic carbocycles. The predicted molar refractivity (Wildman–Crippen MR) is 40.7 cm³/mol. The lowest BCUT2D eigenvalue weighted by Crippen LogP contribution is -2.13. The van der Waals surface area contributed by atoms with Gasteiger partial charge in [-0.15, -0.1) is 0 Å². The Bertz CT molecular complexity index is 175. The lowest BCUT2D eigenvalue weighted by molar-refractivity contribution is 0.195. The van der Waals surface area contributed by atoms with Crippen LogP contribution >= 0.6 is 10.7 Å². The fraction of sp³-hybridized carbons (Fsp3) is 1.00. The van der Waals surface area contributed by atoms with E-state index in [-0.39, 0.29) is 0 Å². The average Bonchev–Trinajstić information content (AvgIpc) is 1.80. The van der Waals surface area contributed by atoms with E-state index in [1.807, 2.05) is 0 Å². The van der Waals surface area contributed by atoms with Gasteiger partial charge in [-0.3, -0.25) is 0 Å². The lowest BCUT2D eigenvalue weighted by atomic mass is 10.3. The van der Waals surface area contributed by atoms with Crippen molar-refractivity contribution in [1.82, 2.24) is 0 Å². The van der Waals surface area contributed by atoms with Crippen LogP contribution in [-0.2, 0) is 13.8 Å². The summed E-state index contributed by atoms with van der Waals surface area (Å²) in [7, 11) is 3.17. The van der Waals surface area contributed by atoms with Crippen molar-refractivity contribution in [3.63, 3.8) is 0 Å². The van der Waals surface area contributed by atoms with Crippen LogP contribution in [0.1, 0.15) is 13.3 Å². The summed E-state index contributed by atoms with van der Waals surface area (Å²) in [5.74, 6) is 0. The molecular formula is C5H11ClO3S. The fourth-order valence-corrected chi connectivity index (χ4v) is 1.07. The molecule has 0 radical (unpaired) electrons. The van der Waals surface area contributed by atoms with Crippen molar-refractivity contribution < 1.29 is 13.2 Å². The van der Waals surface area contributed by atoms with E-state index < -0.39 is 14.3 Å². The number of methoxy groups -OCH3 is 1. The molecule has 0 saturated carbocycles. The van der Waals surface area contributed by atoms with Gasteiger partial charge in [-0.25, -0.2) is 8.42 Å². The third-order valence-corrected chi connectivity index (χ3v) is 3.32. The van der Waals surface area contributed by atoms with Gasteiger partial charge >= 0.3 is 0 Å². The molecule has 0 saturated heterocycles. The van der Waals surface area contributed by atoms with Gasteiger partial charge in [0.1, 0.15) is 0 Å². The maximum Gasteiger partial charge on any atom is 0.235 e. The largest absolute Gasteiger partial charge is 0.385 e. The van der Waals surface area contributed by atoms with Gasteiger partial charge in [-0.2, -0.15) is 0 Å². The zero-order valence-electron chi connectivity index (χ0n) is 6.00. The highest BCUT2D eigenvalue weighted by molar-refractivity contribution is 8.14. The highest BCUT2D eigenvalue weighted by Crippen LogP contribution is 2.09. The van der Waals surface area contributed by atoms with Crippen LogP contribution in [0.25, 0.3) is 0 Å². The standard InChI is InChI=1S/C5H11ClO3S/c1-5(3-4-9-2)10(6,7)8/h5H,3-4H2,1-2H3. The summed E-state index contributed by atoms with van der Waals surface area (Å²) in [6.07, 6.45) is 0.447. The van der Waals surface area contributed by atoms with Crippen molar-refractivity contribution in [1.29, 1.82) is 0 Å². The Labute approximate surface area is 65.7 Å². The van der Waals surface area contributed by atoms with Crippen molar-refractivity contribution in [3.05, 3.63) is 0 Å². The normalized spacial score (nSPS) is 15.1. The van der Waals surface area contributed by atoms with Crippen LogP contribution in [0.3, 0.4) is 0 Å². The Hall–Kier alpha value is 0.200. The molecule has 1 atom stereocenters. The van der Waals surface area contributed by atoms with Crippen molar-refractivity contribution in [2.45, 2.75) is 18.6 Å². The van der Waals surface area contributed by atoms with Crippen molar-refractivity contribution in [3.8, 4) is 0 Å². The Kier molecular flexibility index (Phi) is 4.24. The summed E-state index contributed by atoms with van der Waals surface area (Å²) in [6, 6.07) is 0. The van der Waals surface area contributed by atoms with Crippen molar-refractivity contribution in [2.24, 2.45) is 0 Å². The van der Waals surface area contributed by atoms with E-state index in [2.05, 4.69) is 4.74 Å². The van der Waals surface area contributed by atoms with Gasteiger partial charge in [0.25, 0.3) is 0 Å². The first-order valence-electron chi connectivity index (χ1n) is 2.91. The first-order valence-corrected chi connectivity index (χ1v) is 5.28. The third kappa shape index (κ3) is 4.09. The molecule has 0 aliphatic heterocycles. The van der Waals surface area contributed by atoms with E-state index in [0.717, 1.165) is 0 Å². The minimum Gasteiger partial charge on any atom is -0.385 e. The van der Waals surface area contributed by atoms with E-state index in [9.17, 15) is 8.42 Å². The molecule has 0 aromatic heterocycles. The third-order valence-electron chi connectivity index (χ3n) is 1.21. The number of ether oxygens (including phenoxy) is 1. The van der Waals surface area contributed by atoms with Crippen LogP contribution < -0.4 is 0 Å². The molecule has 0 spiro atoms. The number of hydrogen-bond donors (Lipinski definition) is 0. The van der Waals surface area contributed by atoms with Gasteiger partial charge < -0.3 is 4.74 Å². The second kappa shape index (κ2) is 4.16. The van der Waals surface area contributed by atoms with E-state index in [0.29, 0.717) is 13.0 Å². The zero-order chi connectivity index (χ0) is 8.20. The van der Waals surface area contributed by atoms with Crippen LogP contribution in [0.4, 0.5) is 0 Å². The summed E-state index contributed by atoms with van der Waals surface area (Å²) < 4.78 is 25.8. The minimum atomic E-state index is -3.38. The first kappa shape index (κ1) is 10.2. The number of halogens is 1. The van der Waals surface area contributed by atoms with Gasteiger partial charge in [-0.05, 0) is 13.3 Å². The molecule has 0 rings (SSSR count). The maximum atomic E-state index is 10.5. The summed E-state index contributed by atoms with van der Waals surface area (Å²) in [6.45, 7) is 1.98. The van der Waals surface area contributed by atoms with E-state index in [1.54, 1.807) is 6.92 Å².